The second kappa shape index (κ2) is 6.04. The van der Waals surface area contributed by atoms with E-state index < -0.39 is 11.7 Å². The monoisotopic (exact) mass is 308 g/mol. The molecule has 6 nitrogen and oxygen atoms in total. The number of alkyl carbamates (subject to hydrolysis) is 1. The minimum absolute atomic E-state index is 0.0318. The minimum Gasteiger partial charge on any atom is -0.508 e. The average molecular weight is 308 g/mol. The largest absolute Gasteiger partial charge is 0.508 e. The van der Waals surface area contributed by atoms with Gasteiger partial charge in [0, 0.05) is 29.8 Å². The number of ether oxygens (including phenoxy) is 1. The third-order valence-corrected chi connectivity index (χ3v) is 3.44. The Labute approximate surface area is 130 Å². The molecule has 1 fully saturated rings. The summed E-state index contributed by atoms with van der Waals surface area (Å²) in [7, 11) is 0. The molecule has 0 bridgehead atoms. The fraction of sp³-hybridized carbons (Fsp3) is 0.562. The molecule has 1 aromatic rings. The molecule has 1 aliphatic rings. The number of phenols is 2. The molecule has 0 aliphatic heterocycles. The molecule has 1 saturated carbocycles. The first-order valence-electron chi connectivity index (χ1n) is 7.43. The summed E-state index contributed by atoms with van der Waals surface area (Å²) < 4.78 is 5.21. The highest BCUT2D eigenvalue weighted by Crippen LogP contribution is 2.31. The van der Waals surface area contributed by atoms with E-state index in [0.717, 1.165) is 6.42 Å². The van der Waals surface area contributed by atoms with Gasteiger partial charge >= 0.3 is 6.09 Å². The lowest BCUT2D eigenvalue weighted by Gasteiger charge is -2.20. The molecule has 4 N–H and O–H groups in total. The summed E-state index contributed by atoms with van der Waals surface area (Å²) in [6.45, 7) is 7.40. The third kappa shape index (κ3) is 4.53. The molecule has 0 spiro atoms. The summed E-state index contributed by atoms with van der Waals surface area (Å²) in [5.41, 5.74) is 0.202. The lowest BCUT2D eigenvalue weighted by Crippen LogP contribution is -2.37. The first-order chi connectivity index (χ1) is 10.2. The van der Waals surface area contributed by atoms with E-state index in [1.165, 1.54) is 12.1 Å². The molecule has 0 saturated heterocycles. The fourth-order valence-electron chi connectivity index (χ4n) is 2.31. The molecular weight excluding hydrogens is 284 g/mol. The van der Waals surface area contributed by atoms with Gasteiger partial charge in [0.2, 0.25) is 0 Å². The normalized spacial score (nSPS) is 22.0. The van der Waals surface area contributed by atoms with Gasteiger partial charge in [-0.05, 0) is 40.2 Å². The Hall–Kier alpha value is -1.95. The van der Waals surface area contributed by atoms with Crippen molar-refractivity contribution in [1.29, 1.82) is 0 Å². The molecule has 3 unspecified atom stereocenters. The van der Waals surface area contributed by atoms with Crippen molar-refractivity contribution in [3.8, 4) is 11.5 Å². The number of benzene rings is 1. The van der Waals surface area contributed by atoms with E-state index >= 15 is 0 Å². The van der Waals surface area contributed by atoms with E-state index in [-0.39, 0.29) is 29.6 Å². The van der Waals surface area contributed by atoms with Crippen molar-refractivity contribution in [2.24, 2.45) is 0 Å². The summed E-state index contributed by atoms with van der Waals surface area (Å²) in [5.74, 6) is 0.0849. The second-order valence-corrected chi connectivity index (χ2v) is 6.73. The number of aromatic hydroxyl groups is 2. The zero-order valence-electron chi connectivity index (χ0n) is 13.4. The Balaban J connectivity index is 1.82. The Kier molecular flexibility index (Phi) is 4.51. The van der Waals surface area contributed by atoms with Crippen LogP contribution in [0, 0.1) is 0 Å². The standard InChI is InChI=1S/C16H24N2O4/c1-9(11-6-5-10(19)7-14(11)20)17-12-8-13(12)18-15(21)22-16(2,3)4/h5-7,9,12-13,17,19-20H,8H2,1-4H3,(H,18,21). The molecule has 0 aromatic heterocycles. The van der Waals surface area contributed by atoms with Crippen LogP contribution in [0.15, 0.2) is 18.2 Å². The van der Waals surface area contributed by atoms with Gasteiger partial charge in [-0.15, -0.1) is 0 Å². The number of amides is 1. The van der Waals surface area contributed by atoms with E-state index in [1.54, 1.807) is 6.07 Å². The summed E-state index contributed by atoms with van der Waals surface area (Å²) in [6.07, 6.45) is 0.407. The van der Waals surface area contributed by atoms with Crippen molar-refractivity contribution < 1.29 is 19.7 Å². The smallest absolute Gasteiger partial charge is 0.407 e. The van der Waals surface area contributed by atoms with Crippen molar-refractivity contribution in [1.82, 2.24) is 10.6 Å². The summed E-state index contributed by atoms with van der Waals surface area (Å²) in [5, 5.41) is 25.3. The Morgan fingerprint density at radius 1 is 1.32 bits per heavy atom. The van der Waals surface area contributed by atoms with E-state index in [9.17, 15) is 15.0 Å². The number of carbonyl (C=O) groups is 1. The van der Waals surface area contributed by atoms with Gasteiger partial charge in [0.1, 0.15) is 17.1 Å². The predicted octanol–water partition coefficient (Wildman–Crippen LogP) is 2.41. The van der Waals surface area contributed by atoms with Crippen LogP contribution in [-0.4, -0.2) is 34.0 Å². The minimum atomic E-state index is -0.507. The van der Waals surface area contributed by atoms with Gasteiger partial charge < -0.3 is 25.6 Å². The Morgan fingerprint density at radius 3 is 2.59 bits per heavy atom. The number of phenolic OH excluding ortho intramolecular Hbond substituents is 2. The van der Waals surface area contributed by atoms with E-state index in [2.05, 4.69) is 10.6 Å². The van der Waals surface area contributed by atoms with Gasteiger partial charge in [0.15, 0.2) is 0 Å². The quantitative estimate of drug-likeness (QED) is 0.686. The van der Waals surface area contributed by atoms with Crippen LogP contribution in [0.3, 0.4) is 0 Å². The van der Waals surface area contributed by atoms with Crippen molar-refractivity contribution in [2.75, 3.05) is 0 Å². The number of hydrogen-bond acceptors (Lipinski definition) is 5. The van der Waals surface area contributed by atoms with Crippen LogP contribution in [0.2, 0.25) is 0 Å². The number of rotatable bonds is 4. The zero-order chi connectivity index (χ0) is 16.5. The third-order valence-electron chi connectivity index (χ3n) is 3.44. The maximum absolute atomic E-state index is 11.7. The first-order valence-corrected chi connectivity index (χ1v) is 7.43. The molecule has 0 radical (unpaired) electrons. The SMILES string of the molecule is CC(NC1CC1NC(=O)OC(C)(C)C)c1ccc(O)cc1O. The van der Waals surface area contributed by atoms with Crippen LogP contribution in [-0.2, 0) is 4.74 Å². The summed E-state index contributed by atoms with van der Waals surface area (Å²) in [6, 6.07) is 4.64. The first kappa shape index (κ1) is 16.4. The van der Waals surface area contributed by atoms with Crippen molar-refractivity contribution in [3.63, 3.8) is 0 Å². The molecule has 6 heteroatoms. The van der Waals surface area contributed by atoms with Gasteiger partial charge in [-0.25, -0.2) is 4.79 Å². The zero-order valence-corrected chi connectivity index (χ0v) is 13.4. The highest BCUT2D eigenvalue weighted by molar-refractivity contribution is 5.68. The molecule has 0 heterocycles. The van der Waals surface area contributed by atoms with Gasteiger partial charge in [-0.2, -0.15) is 0 Å². The lowest BCUT2D eigenvalue weighted by molar-refractivity contribution is 0.0522. The van der Waals surface area contributed by atoms with Crippen LogP contribution in [0.5, 0.6) is 11.5 Å². The van der Waals surface area contributed by atoms with Gasteiger partial charge in [0.05, 0.1) is 0 Å². The van der Waals surface area contributed by atoms with Gasteiger partial charge in [-0.3, -0.25) is 0 Å². The number of nitrogens with one attached hydrogen (secondary N) is 2. The predicted molar refractivity (Wildman–Crippen MR) is 82.9 cm³/mol. The molecule has 3 atom stereocenters. The molecule has 2 rings (SSSR count). The van der Waals surface area contributed by atoms with Crippen molar-refractivity contribution >= 4 is 6.09 Å². The molecule has 22 heavy (non-hydrogen) atoms. The second-order valence-electron chi connectivity index (χ2n) is 6.73. The summed E-state index contributed by atoms with van der Waals surface area (Å²) >= 11 is 0. The molecular formula is C16H24N2O4. The molecule has 122 valence electrons. The van der Waals surface area contributed by atoms with Gasteiger partial charge in [-0.1, -0.05) is 6.07 Å². The van der Waals surface area contributed by atoms with Crippen LogP contribution >= 0.6 is 0 Å². The number of carbonyl (C=O) groups excluding carboxylic acids is 1. The maximum atomic E-state index is 11.7. The Bertz CT molecular complexity index is 554. The van der Waals surface area contributed by atoms with E-state index in [1.807, 2.05) is 27.7 Å². The van der Waals surface area contributed by atoms with Crippen LogP contribution in [0.4, 0.5) is 4.79 Å². The van der Waals surface area contributed by atoms with Crippen molar-refractivity contribution in [2.45, 2.75) is 57.8 Å². The van der Waals surface area contributed by atoms with Crippen LogP contribution in [0.25, 0.3) is 0 Å². The highest BCUT2D eigenvalue weighted by atomic mass is 16.6. The molecule has 1 aliphatic carbocycles. The fourth-order valence-corrected chi connectivity index (χ4v) is 2.31. The van der Waals surface area contributed by atoms with E-state index in [4.69, 9.17) is 4.74 Å². The molecule has 1 aromatic carbocycles. The van der Waals surface area contributed by atoms with Crippen LogP contribution < -0.4 is 10.6 Å². The van der Waals surface area contributed by atoms with Crippen molar-refractivity contribution in [3.05, 3.63) is 23.8 Å². The topological polar surface area (TPSA) is 90.8 Å². The Morgan fingerprint density at radius 2 is 2.00 bits per heavy atom. The van der Waals surface area contributed by atoms with Crippen LogP contribution in [0.1, 0.15) is 45.7 Å². The lowest BCUT2D eigenvalue weighted by atomic mass is 10.1. The average Bonchev–Trinajstić information content (AvgIpc) is 3.03. The maximum Gasteiger partial charge on any atom is 0.407 e. The number of hydrogen-bond donors (Lipinski definition) is 4. The highest BCUT2D eigenvalue weighted by Gasteiger charge is 2.40. The van der Waals surface area contributed by atoms with E-state index in [0.29, 0.717) is 5.56 Å². The molecule has 1 amide bonds. The van der Waals surface area contributed by atoms with Gasteiger partial charge in [0.25, 0.3) is 0 Å². The summed E-state index contributed by atoms with van der Waals surface area (Å²) in [4.78, 5) is 11.7.